The van der Waals surface area contributed by atoms with Crippen LogP contribution in [0.5, 0.6) is 5.75 Å². The average molecular weight is 513 g/mol. The van der Waals surface area contributed by atoms with E-state index in [9.17, 15) is 14.4 Å². The first kappa shape index (κ1) is 24.6. The van der Waals surface area contributed by atoms with Gasteiger partial charge in [-0.1, -0.05) is 59.6 Å². The molecule has 3 aromatic carbocycles. The zero-order valence-corrected chi connectivity index (χ0v) is 20.1. The van der Waals surface area contributed by atoms with E-state index in [0.717, 1.165) is 5.56 Å². The van der Waals surface area contributed by atoms with E-state index < -0.39 is 30.6 Å². The van der Waals surface area contributed by atoms with Crippen LogP contribution in [0, 0.1) is 0 Å². The quantitative estimate of drug-likeness (QED) is 0.417. The lowest BCUT2D eigenvalue weighted by atomic mass is 9.80. The molecule has 3 N–H and O–H groups in total. The predicted octanol–water partition coefficient (Wildman–Crippen LogP) is 4.90. The highest BCUT2D eigenvalue weighted by Crippen LogP contribution is 2.40. The Balaban J connectivity index is 1.65. The molecule has 9 heteroatoms. The Labute approximate surface area is 212 Å². The van der Waals surface area contributed by atoms with Crippen LogP contribution in [0.1, 0.15) is 52.0 Å². The zero-order chi connectivity index (χ0) is 25.1. The van der Waals surface area contributed by atoms with Gasteiger partial charge in [0.05, 0.1) is 18.0 Å². The Bertz CT molecular complexity index is 1300. The molecular weight excluding hydrogens is 491 g/mol. The summed E-state index contributed by atoms with van der Waals surface area (Å²) in [6, 6.07) is 17.6. The summed E-state index contributed by atoms with van der Waals surface area (Å²) in [6.45, 7) is 1.35. The molecule has 7 nitrogen and oxygen atoms in total. The van der Waals surface area contributed by atoms with Crippen molar-refractivity contribution in [1.29, 1.82) is 0 Å². The monoisotopic (exact) mass is 512 g/mol. The topological polar surface area (TPSA) is 105 Å². The lowest BCUT2D eigenvalue weighted by Crippen LogP contribution is -2.45. The summed E-state index contributed by atoms with van der Waals surface area (Å²) in [6.07, 6.45) is 0. The normalized spacial score (nSPS) is 17.6. The Morgan fingerprint density at radius 1 is 1.06 bits per heavy atom. The van der Waals surface area contributed by atoms with Gasteiger partial charge in [0, 0.05) is 15.6 Å². The maximum atomic E-state index is 13.7. The molecule has 0 saturated heterocycles. The van der Waals surface area contributed by atoms with Crippen molar-refractivity contribution >= 4 is 41.0 Å². The molecule has 0 saturated carbocycles. The summed E-state index contributed by atoms with van der Waals surface area (Å²) < 4.78 is 5.25. The highest BCUT2D eigenvalue weighted by atomic mass is 35.5. The number of aliphatic carboxylic acids is 1. The summed E-state index contributed by atoms with van der Waals surface area (Å²) in [5.41, 5.74) is 2.33. The van der Waals surface area contributed by atoms with E-state index in [0.29, 0.717) is 32.5 Å². The molecule has 0 bridgehead atoms. The molecule has 3 atom stereocenters. The third-order valence-electron chi connectivity index (χ3n) is 5.82. The first-order valence-corrected chi connectivity index (χ1v) is 11.6. The van der Waals surface area contributed by atoms with Crippen LogP contribution in [0.15, 0.2) is 66.7 Å². The first-order chi connectivity index (χ1) is 16.7. The number of rotatable bonds is 7. The summed E-state index contributed by atoms with van der Waals surface area (Å²) >= 11 is 12.5. The van der Waals surface area contributed by atoms with Crippen LogP contribution in [-0.4, -0.2) is 29.5 Å². The van der Waals surface area contributed by atoms with Crippen molar-refractivity contribution in [3.63, 3.8) is 0 Å². The van der Waals surface area contributed by atoms with Crippen molar-refractivity contribution in [1.82, 2.24) is 10.6 Å². The number of carbonyl (C=O) groups excluding carboxylic acids is 2. The van der Waals surface area contributed by atoms with Crippen molar-refractivity contribution in [2.45, 2.75) is 24.9 Å². The third-order valence-corrected chi connectivity index (χ3v) is 6.38. The molecule has 1 heterocycles. The van der Waals surface area contributed by atoms with Gasteiger partial charge < -0.3 is 20.5 Å². The van der Waals surface area contributed by atoms with Crippen LogP contribution < -0.4 is 15.4 Å². The SMILES string of the molecule is CC(NC(=O)[C@@H]1c2ccccc2C(=O)N[C@H]1c1ccc(Cl)cc1Cl)c1cccc(OCC(=O)O)c1. The van der Waals surface area contributed by atoms with Crippen LogP contribution in [0.3, 0.4) is 0 Å². The summed E-state index contributed by atoms with van der Waals surface area (Å²) in [5.74, 6) is -2.06. The molecule has 0 fully saturated rings. The van der Waals surface area contributed by atoms with Crippen LogP contribution in [-0.2, 0) is 9.59 Å². The van der Waals surface area contributed by atoms with E-state index in [2.05, 4.69) is 10.6 Å². The number of hydrogen-bond acceptors (Lipinski definition) is 4. The Kier molecular flexibility index (Phi) is 7.28. The minimum absolute atomic E-state index is 0.294. The van der Waals surface area contributed by atoms with Gasteiger partial charge in [0.15, 0.2) is 6.61 Å². The molecule has 180 valence electrons. The fraction of sp³-hybridized carbons (Fsp3) is 0.192. The Morgan fingerprint density at radius 2 is 1.83 bits per heavy atom. The van der Waals surface area contributed by atoms with Crippen LogP contribution in [0.4, 0.5) is 0 Å². The summed E-state index contributed by atoms with van der Waals surface area (Å²) in [4.78, 5) is 37.3. The highest BCUT2D eigenvalue weighted by Gasteiger charge is 2.40. The average Bonchev–Trinajstić information content (AvgIpc) is 2.83. The molecule has 35 heavy (non-hydrogen) atoms. The molecule has 4 rings (SSSR count). The second kappa shape index (κ2) is 10.4. The zero-order valence-electron chi connectivity index (χ0n) is 18.6. The molecule has 0 radical (unpaired) electrons. The van der Waals surface area contributed by atoms with Gasteiger partial charge in [-0.25, -0.2) is 4.79 Å². The van der Waals surface area contributed by atoms with Gasteiger partial charge in [-0.2, -0.15) is 0 Å². The lowest BCUT2D eigenvalue weighted by Gasteiger charge is -2.34. The second-order valence-electron chi connectivity index (χ2n) is 8.17. The first-order valence-electron chi connectivity index (χ1n) is 10.8. The maximum Gasteiger partial charge on any atom is 0.341 e. The predicted molar refractivity (Wildman–Crippen MR) is 132 cm³/mol. The van der Waals surface area contributed by atoms with Gasteiger partial charge in [-0.15, -0.1) is 0 Å². The number of halogens is 2. The molecule has 0 spiro atoms. The molecule has 0 aliphatic carbocycles. The fourth-order valence-electron chi connectivity index (χ4n) is 4.17. The summed E-state index contributed by atoms with van der Waals surface area (Å²) in [5, 5.41) is 15.6. The van der Waals surface area contributed by atoms with Gasteiger partial charge in [-0.05, 0) is 53.9 Å². The minimum atomic E-state index is -1.08. The van der Waals surface area contributed by atoms with Gasteiger partial charge in [0.1, 0.15) is 5.75 Å². The van der Waals surface area contributed by atoms with E-state index in [1.165, 1.54) is 0 Å². The number of carboxylic acids is 1. The highest BCUT2D eigenvalue weighted by molar-refractivity contribution is 6.35. The van der Waals surface area contributed by atoms with Crippen molar-refractivity contribution in [3.8, 4) is 5.75 Å². The standard InChI is InChI=1S/C26H22Cl2N2O5/c1-14(15-5-4-6-17(11-15)35-13-22(31)32)29-26(34)23-18-7-2-3-8-19(18)25(33)30-24(23)20-10-9-16(27)12-21(20)28/h2-12,14,23-24H,13H2,1H3,(H,29,34)(H,30,33)(H,31,32)/t14?,23-,24+/m1/s1. The lowest BCUT2D eigenvalue weighted by molar-refractivity contribution is -0.139. The Hall–Kier alpha value is -3.55. The molecule has 3 aromatic rings. The molecule has 1 aliphatic rings. The van der Waals surface area contributed by atoms with Gasteiger partial charge >= 0.3 is 5.97 Å². The molecule has 0 aromatic heterocycles. The number of carboxylic acid groups (broad SMARTS) is 1. The van der Waals surface area contributed by atoms with E-state index >= 15 is 0 Å². The number of nitrogens with one attached hydrogen (secondary N) is 2. The van der Waals surface area contributed by atoms with Crippen LogP contribution >= 0.6 is 23.2 Å². The molecule has 2 amide bonds. The van der Waals surface area contributed by atoms with E-state index in [1.807, 2.05) is 13.0 Å². The third kappa shape index (κ3) is 5.42. The van der Waals surface area contributed by atoms with Gasteiger partial charge in [0.2, 0.25) is 5.91 Å². The number of fused-ring (bicyclic) bond motifs is 1. The smallest absolute Gasteiger partial charge is 0.341 e. The van der Waals surface area contributed by atoms with Crippen molar-refractivity contribution < 1.29 is 24.2 Å². The molecule has 1 unspecified atom stereocenters. The number of amides is 2. The molecular formula is C26H22Cl2N2O5. The van der Waals surface area contributed by atoms with Crippen LogP contribution in [0.25, 0.3) is 0 Å². The minimum Gasteiger partial charge on any atom is -0.482 e. The van der Waals surface area contributed by atoms with Gasteiger partial charge in [0.25, 0.3) is 5.91 Å². The summed E-state index contributed by atoms with van der Waals surface area (Å²) in [7, 11) is 0. The van der Waals surface area contributed by atoms with Gasteiger partial charge in [-0.3, -0.25) is 9.59 Å². The van der Waals surface area contributed by atoms with Crippen molar-refractivity contribution in [2.75, 3.05) is 6.61 Å². The fourth-order valence-corrected chi connectivity index (χ4v) is 4.69. The number of benzene rings is 3. The van der Waals surface area contributed by atoms with E-state index in [1.54, 1.807) is 60.7 Å². The number of carbonyl (C=O) groups is 3. The van der Waals surface area contributed by atoms with Crippen molar-refractivity contribution in [3.05, 3.63) is 99.0 Å². The van der Waals surface area contributed by atoms with E-state index in [4.69, 9.17) is 33.0 Å². The number of hydrogen-bond donors (Lipinski definition) is 3. The van der Waals surface area contributed by atoms with Crippen LogP contribution in [0.2, 0.25) is 10.0 Å². The van der Waals surface area contributed by atoms with E-state index in [-0.39, 0.29) is 11.8 Å². The second-order valence-corrected chi connectivity index (χ2v) is 9.01. The van der Waals surface area contributed by atoms with Crippen molar-refractivity contribution in [2.24, 2.45) is 0 Å². The Morgan fingerprint density at radius 3 is 2.57 bits per heavy atom. The largest absolute Gasteiger partial charge is 0.482 e. The molecule has 1 aliphatic heterocycles. The maximum absolute atomic E-state index is 13.7. The number of ether oxygens (including phenoxy) is 1.